The van der Waals surface area contributed by atoms with E-state index < -0.39 is 46.1 Å². The number of aromatic amines is 1. The fourth-order valence-electron chi connectivity index (χ4n) is 1.91. The van der Waals surface area contributed by atoms with Gasteiger partial charge in [-0.2, -0.15) is 26.3 Å². The summed E-state index contributed by atoms with van der Waals surface area (Å²) in [6, 6.07) is 1.39. The van der Waals surface area contributed by atoms with E-state index in [0.717, 1.165) is 13.0 Å². The Balaban J connectivity index is 2.87. The molecule has 0 aliphatic carbocycles. The molecule has 2 rings (SSSR count). The van der Waals surface area contributed by atoms with E-state index in [4.69, 9.17) is 0 Å². The van der Waals surface area contributed by atoms with Crippen LogP contribution in [0.5, 0.6) is 0 Å². The lowest BCUT2D eigenvalue weighted by molar-refractivity contribution is -0.141. The van der Waals surface area contributed by atoms with E-state index in [1.165, 1.54) is 0 Å². The Morgan fingerprint density at radius 3 is 2.14 bits per heavy atom. The minimum absolute atomic E-state index is 0.175. The second kappa shape index (κ2) is 4.47. The van der Waals surface area contributed by atoms with Gasteiger partial charge in [0.15, 0.2) is 0 Å². The van der Waals surface area contributed by atoms with Crippen molar-refractivity contribution in [3.63, 3.8) is 0 Å². The first kappa shape index (κ1) is 15.3. The van der Waals surface area contributed by atoms with E-state index in [1.807, 2.05) is 0 Å². The summed E-state index contributed by atoms with van der Waals surface area (Å²) in [6.07, 6.45) is -10.7. The summed E-state index contributed by atoms with van der Waals surface area (Å²) in [5.74, 6) is -3.53. The lowest BCUT2D eigenvalue weighted by Crippen LogP contribution is -2.25. The number of hydrogen-bond donors (Lipinski definition) is 1. The van der Waals surface area contributed by atoms with Gasteiger partial charge >= 0.3 is 12.4 Å². The number of hydrogen-bond acceptors (Lipinski definition) is 1. The Morgan fingerprint density at radius 1 is 1.10 bits per heavy atom. The van der Waals surface area contributed by atoms with Gasteiger partial charge in [0.05, 0.1) is 5.56 Å². The van der Waals surface area contributed by atoms with E-state index in [-0.39, 0.29) is 5.56 Å². The van der Waals surface area contributed by atoms with Gasteiger partial charge in [-0.15, -0.1) is 0 Å². The van der Waals surface area contributed by atoms with Crippen LogP contribution in [-0.4, -0.2) is 16.9 Å². The summed E-state index contributed by atoms with van der Waals surface area (Å²) in [6.45, 7) is 1.16. The topological polar surface area (TPSA) is 32.9 Å². The number of nitrogens with one attached hydrogen (secondary N) is 1. The highest BCUT2D eigenvalue weighted by Gasteiger charge is 2.47. The fraction of sp³-hybridized carbons (Fsp3) is 0.250. The maximum absolute atomic E-state index is 13.3. The standard InChI is InChI=1S/C12H6F7NO/c1-4-2-5-7(3-6(4)13)20-9(11(14,15)16)8(5)10(21)12(17,18)19/h2-3,20H,1H3. The molecule has 1 N–H and O–H groups in total. The van der Waals surface area contributed by atoms with Crippen molar-refractivity contribution in [3.05, 3.63) is 34.8 Å². The smallest absolute Gasteiger partial charge is 0.350 e. The predicted octanol–water partition coefficient (Wildman–Crippen LogP) is 4.38. The van der Waals surface area contributed by atoms with Crippen LogP contribution in [0.4, 0.5) is 30.7 Å². The maximum atomic E-state index is 13.3. The van der Waals surface area contributed by atoms with Gasteiger partial charge in [0.1, 0.15) is 11.5 Å². The number of aryl methyl sites for hydroxylation is 1. The number of halogens is 7. The zero-order valence-electron chi connectivity index (χ0n) is 10.2. The third-order valence-electron chi connectivity index (χ3n) is 2.85. The molecular weight excluding hydrogens is 307 g/mol. The van der Waals surface area contributed by atoms with Crippen molar-refractivity contribution in [2.75, 3.05) is 0 Å². The number of H-pyrrole nitrogens is 1. The van der Waals surface area contributed by atoms with Gasteiger partial charge in [0.2, 0.25) is 0 Å². The molecule has 0 spiro atoms. The zero-order valence-corrected chi connectivity index (χ0v) is 10.2. The van der Waals surface area contributed by atoms with Crippen molar-refractivity contribution in [2.24, 2.45) is 0 Å². The second-order valence-electron chi connectivity index (χ2n) is 4.35. The number of benzene rings is 1. The number of aromatic nitrogens is 1. The van der Waals surface area contributed by atoms with Crippen LogP contribution >= 0.6 is 0 Å². The Labute approximate surface area is 112 Å². The van der Waals surface area contributed by atoms with E-state index in [2.05, 4.69) is 0 Å². The van der Waals surface area contributed by atoms with Crippen molar-refractivity contribution >= 4 is 16.7 Å². The first-order chi connectivity index (χ1) is 9.43. The molecule has 0 atom stereocenters. The van der Waals surface area contributed by atoms with Gasteiger partial charge in [-0.25, -0.2) is 4.39 Å². The Morgan fingerprint density at radius 2 is 1.67 bits per heavy atom. The number of ketones is 1. The molecule has 114 valence electrons. The number of carbonyl (C=O) groups is 1. The van der Waals surface area contributed by atoms with Crippen molar-refractivity contribution in [3.8, 4) is 0 Å². The van der Waals surface area contributed by atoms with Crippen LogP contribution in [0.1, 0.15) is 21.6 Å². The highest BCUT2D eigenvalue weighted by atomic mass is 19.4. The summed E-state index contributed by atoms with van der Waals surface area (Å²) in [7, 11) is 0. The molecule has 1 aromatic carbocycles. The monoisotopic (exact) mass is 313 g/mol. The molecule has 0 aliphatic heterocycles. The van der Waals surface area contributed by atoms with Crippen LogP contribution in [0.3, 0.4) is 0 Å². The van der Waals surface area contributed by atoms with Crippen molar-refractivity contribution in [1.29, 1.82) is 0 Å². The Hall–Kier alpha value is -2.06. The summed E-state index contributed by atoms with van der Waals surface area (Å²) < 4.78 is 89.1. The molecule has 0 saturated carbocycles. The minimum Gasteiger partial charge on any atom is -0.350 e. The summed E-state index contributed by atoms with van der Waals surface area (Å²) in [5, 5.41) is -0.622. The van der Waals surface area contributed by atoms with Gasteiger partial charge < -0.3 is 4.98 Å². The third kappa shape index (κ3) is 2.59. The van der Waals surface area contributed by atoms with Crippen molar-refractivity contribution < 1.29 is 35.5 Å². The molecule has 0 amide bonds. The summed E-state index contributed by atoms with van der Waals surface area (Å²) in [4.78, 5) is 12.9. The Kier molecular flexibility index (Phi) is 3.26. The third-order valence-corrected chi connectivity index (χ3v) is 2.85. The van der Waals surface area contributed by atoms with Gasteiger partial charge in [0.25, 0.3) is 5.78 Å². The molecule has 1 heterocycles. The number of fused-ring (bicyclic) bond motifs is 1. The number of rotatable bonds is 1. The van der Waals surface area contributed by atoms with Gasteiger partial charge in [-0.3, -0.25) is 4.79 Å². The molecule has 0 aliphatic rings. The average Bonchev–Trinajstić information content (AvgIpc) is 2.65. The fourth-order valence-corrected chi connectivity index (χ4v) is 1.91. The minimum atomic E-state index is -5.47. The number of carbonyl (C=O) groups excluding carboxylic acids is 1. The van der Waals surface area contributed by atoms with E-state index in [0.29, 0.717) is 6.07 Å². The highest BCUT2D eigenvalue weighted by molar-refractivity contribution is 6.12. The SMILES string of the molecule is Cc1cc2c(C(=O)C(F)(F)F)c(C(F)(F)F)[nH]c2cc1F. The maximum Gasteiger partial charge on any atom is 0.454 e. The van der Waals surface area contributed by atoms with Crippen molar-refractivity contribution in [2.45, 2.75) is 19.3 Å². The van der Waals surface area contributed by atoms with E-state index in [9.17, 15) is 35.5 Å². The van der Waals surface area contributed by atoms with Crippen LogP contribution < -0.4 is 0 Å². The second-order valence-corrected chi connectivity index (χ2v) is 4.35. The molecule has 0 bridgehead atoms. The lowest BCUT2D eigenvalue weighted by atomic mass is 10.0. The quantitative estimate of drug-likeness (QED) is 0.615. The number of alkyl halides is 6. The predicted molar refractivity (Wildman–Crippen MR) is 58.4 cm³/mol. The average molecular weight is 313 g/mol. The Bertz CT molecular complexity index is 724. The van der Waals surface area contributed by atoms with Gasteiger partial charge in [-0.1, -0.05) is 0 Å². The molecule has 21 heavy (non-hydrogen) atoms. The molecule has 0 saturated heterocycles. The summed E-state index contributed by atoms with van der Waals surface area (Å²) in [5.41, 5.74) is -4.10. The van der Waals surface area contributed by atoms with Crippen molar-refractivity contribution in [1.82, 2.24) is 4.98 Å². The zero-order chi connectivity index (χ0) is 16.2. The molecule has 9 heteroatoms. The van der Waals surface area contributed by atoms with E-state index >= 15 is 0 Å². The van der Waals surface area contributed by atoms with Crippen LogP contribution in [-0.2, 0) is 6.18 Å². The van der Waals surface area contributed by atoms with Gasteiger partial charge in [-0.05, 0) is 24.6 Å². The number of Topliss-reactive ketones (excluding diaryl/α,β-unsaturated/α-hetero) is 1. The largest absolute Gasteiger partial charge is 0.454 e. The molecule has 0 fully saturated rings. The summed E-state index contributed by atoms with van der Waals surface area (Å²) >= 11 is 0. The van der Waals surface area contributed by atoms with Crippen LogP contribution in [0, 0.1) is 12.7 Å². The molecule has 2 aromatic rings. The van der Waals surface area contributed by atoms with Crippen LogP contribution in [0.2, 0.25) is 0 Å². The first-order valence-electron chi connectivity index (χ1n) is 5.43. The molecule has 0 radical (unpaired) electrons. The van der Waals surface area contributed by atoms with Crippen LogP contribution in [0.15, 0.2) is 12.1 Å². The normalized spacial score (nSPS) is 13.0. The molecule has 0 unspecified atom stereocenters. The van der Waals surface area contributed by atoms with E-state index in [1.54, 1.807) is 4.98 Å². The molecule has 1 aromatic heterocycles. The first-order valence-corrected chi connectivity index (χ1v) is 5.43. The highest BCUT2D eigenvalue weighted by Crippen LogP contribution is 2.38. The lowest BCUT2D eigenvalue weighted by Gasteiger charge is -2.09. The molecular formula is C12H6F7NO. The van der Waals surface area contributed by atoms with Gasteiger partial charge in [0, 0.05) is 10.9 Å². The molecule has 2 nitrogen and oxygen atoms in total. The van der Waals surface area contributed by atoms with Crippen LogP contribution in [0.25, 0.3) is 10.9 Å².